The summed E-state index contributed by atoms with van der Waals surface area (Å²) in [5, 5.41) is 0. The Morgan fingerprint density at radius 2 is 1.27 bits per heavy atom. The molecule has 0 aliphatic carbocycles. The topological polar surface area (TPSA) is 18.5 Å². The molecule has 0 bridgehead atoms. The van der Waals surface area contributed by atoms with Crippen LogP contribution in [0.25, 0.3) is 0 Å². The van der Waals surface area contributed by atoms with Crippen LogP contribution in [0.5, 0.6) is 0 Å². The summed E-state index contributed by atoms with van der Waals surface area (Å²) in [5.41, 5.74) is 0. The molecule has 92 valence electrons. The number of rotatable bonds is 10. The van der Waals surface area contributed by atoms with Crippen LogP contribution < -0.4 is 0 Å². The van der Waals surface area contributed by atoms with Crippen LogP contribution in [0.1, 0.15) is 26.7 Å². The van der Waals surface area contributed by atoms with Crippen molar-refractivity contribution in [2.75, 3.05) is 24.7 Å². The van der Waals surface area contributed by atoms with Gasteiger partial charge in [-0.2, -0.15) is 25.3 Å². The average Bonchev–Trinajstić information content (AvgIpc) is 2.24. The summed E-state index contributed by atoms with van der Waals surface area (Å²) in [4.78, 5) is 0. The van der Waals surface area contributed by atoms with Crippen molar-refractivity contribution in [1.29, 1.82) is 0 Å². The second-order valence-corrected chi connectivity index (χ2v) is 7.72. The molecular formula is C10H24O2S2Si. The molecule has 0 spiro atoms. The first-order valence-corrected chi connectivity index (χ1v) is 9.23. The quantitative estimate of drug-likeness (QED) is 0.468. The first-order chi connectivity index (χ1) is 7.24. The molecule has 0 aromatic heterocycles. The molecule has 0 saturated heterocycles. The summed E-state index contributed by atoms with van der Waals surface area (Å²) in [5.74, 6) is 1.82. The Morgan fingerprint density at radius 3 is 1.53 bits per heavy atom. The summed E-state index contributed by atoms with van der Waals surface area (Å²) < 4.78 is 11.8. The molecule has 0 atom stereocenters. The normalized spacial score (nSPS) is 12.0. The van der Waals surface area contributed by atoms with Gasteiger partial charge < -0.3 is 8.85 Å². The lowest BCUT2D eigenvalue weighted by Crippen LogP contribution is -2.42. The number of hydrogen-bond acceptors (Lipinski definition) is 4. The Morgan fingerprint density at radius 1 is 0.867 bits per heavy atom. The molecule has 0 amide bonds. The van der Waals surface area contributed by atoms with Crippen molar-refractivity contribution in [2.45, 2.75) is 38.8 Å². The van der Waals surface area contributed by atoms with Crippen LogP contribution in [0.3, 0.4) is 0 Å². The maximum atomic E-state index is 5.92. The SMILES string of the molecule is CCO[Si](CCCS)(CCCS)OCC. The van der Waals surface area contributed by atoms with Gasteiger partial charge in [0.15, 0.2) is 0 Å². The minimum absolute atomic E-state index is 0.755. The largest absolute Gasteiger partial charge is 0.394 e. The maximum Gasteiger partial charge on any atom is 0.338 e. The third kappa shape index (κ3) is 6.89. The van der Waals surface area contributed by atoms with E-state index < -0.39 is 8.56 Å². The van der Waals surface area contributed by atoms with Gasteiger partial charge in [-0.05, 0) is 50.3 Å². The van der Waals surface area contributed by atoms with Crippen molar-refractivity contribution in [3.8, 4) is 0 Å². The molecule has 0 aromatic rings. The van der Waals surface area contributed by atoms with Gasteiger partial charge in [-0.3, -0.25) is 0 Å². The van der Waals surface area contributed by atoms with Crippen LogP contribution in [0.4, 0.5) is 0 Å². The molecule has 5 heteroatoms. The molecular weight excluding hydrogens is 244 g/mol. The average molecular weight is 269 g/mol. The Hall–Kier alpha value is 0.837. The van der Waals surface area contributed by atoms with Crippen molar-refractivity contribution in [2.24, 2.45) is 0 Å². The minimum atomic E-state index is -1.94. The highest BCUT2D eigenvalue weighted by atomic mass is 32.1. The van der Waals surface area contributed by atoms with Gasteiger partial charge in [-0.1, -0.05) is 0 Å². The highest BCUT2D eigenvalue weighted by Crippen LogP contribution is 2.23. The van der Waals surface area contributed by atoms with E-state index in [1.165, 1.54) is 0 Å². The van der Waals surface area contributed by atoms with Crippen LogP contribution >= 0.6 is 25.3 Å². The van der Waals surface area contributed by atoms with E-state index in [0.29, 0.717) is 0 Å². The zero-order valence-corrected chi connectivity index (χ0v) is 12.7. The third-order valence-corrected chi connectivity index (χ3v) is 6.74. The zero-order valence-electron chi connectivity index (χ0n) is 9.87. The molecule has 0 radical (unpaired) electrons. The fraction of sp³-hybridized carbons (Fsp3) is 1.00. The lowest BCUT2D eigenvalue weighted by Gasteiger charge is -2.29. The lowest BCUT2D eigenvalue weighted by atomic mass is 10.6. The van der Waals surface area contributed by atoms with E-state index in [9.17, 15) is 0 Å². The van der Waals surface area contributed by atoms with Gasteiger partial charge in [0.05, 0.1) is 0 Å². The lowest BCUT2D eigenvalue weighted by molar-refractivity contribution is 0.182. The third-order valence-electron chi connectivity index (χ3n) is 2.25. The van der Waals surface area contributed by atoms with E-state index in [1.54, 1.807) is 0 Å². The summed E-state index contributed by atoms with van der Waals surface area (Å²) in [6.07, 6.45) is 2.17. The highest BCUT2D eigenvalue weighted by Gasteiger charge is 2.35. The molecule has 0 N–H and O–H groups in total. The molecule has 0 aliphatic heterocycles. The second-order valence-electron chi connectivity index (χ2n) is 3.43. The first-order valence-electron chi connectivity index (χ1n) is 5.74. The van der Waals surface area contributed by atoms with E-state index in [2.05, 4.69) is 25.3 Å². The standard InChI is InChI=1S/C10H24O2S2Si/c1-3-11-15(12-4-2,9-5-7-13)10-6-8-14/h13-14H,3-10H2,1-2H3. The van der Waals surface area contributed by atoms with Gasteiger partial charge in [0.1, 0.15) is 0 Å². The minimum Gasteiger partial charge on any atom is -0.394 e. The first kappa shape index (κ1) is 15.8. The molecule has 2 nitrogen and oxygen atoms in total. The molecule has 0 fully saturated rings. The molecule has 15 heavy (non-hydrogen) atoms. The molecule has 0 heterocycles. The van der Waals surface area contributed by atoms with Gasteiger partial charge >= 0.3 is 8.56 Å². The van der Waals surface area contributed by atoms with Gasteiger partial charge in [0.2, 0.25) is 0 Å². The summed E-state index contributed by atoms with van der Waals surface area (Å²) in [6.45, 7) is 5.60. The summed E-state index contributed by atoms with van der Waals surface area (Å²) in [7, 11) is -1.94. The maximum absolute atomic E-state index is 5.92. The van der Waals surface area contributed by atoms with Gasteiger partial charge in [0.25, 0.3) is 0 Å². The van der Waals surface area contributed by atoms with Crippen molar-refractivity contribution in [3.63, 3.8) is 0 Å². The molecule has 0 saturated carbocycles. The van der Waals surface area contributed by atoms with Crippen LogP contribution in [0, 0.1) is 0 Å². The second kappa shape index (κ2) is 10.0. The van der Waals surface area contributed by atoms with Crippen molar-refractivity contribution >= 4 is 33.8 Å². The summed E-state index contributed by atoms with van der Waals surface area (Å²) >= 11 is 8.51. The fourth-order valence-corrected chi connectivity index (χ4v) is 5.98. The molecule has 0 rings (SSSR count). The molecule has 0 aromatic carbocycles. The Labute approximate surface area is 106 Å². The molecule has 0 aliphatic rings. The summed E-state index contributed by atoms with van der Waals surface area (Å²) in [6, 6.07) is 2.12. The van der Waals surface area contributed by atoms with Crippen molar-refractivity contribution in [3.05, 3.63) is 0 Å². The van der Waals surface area contributed by atoms with E-state index in [0.717, 1.165) is 49.6 Å². The number of thiol groups is 2. The van der Waals surface area contributed by atoms with Gasteiger partial charge in [-0.25, -0.2) is 0 Å². The van der Waals surface area contributed by atoms with Gasteiger partial charge in [0, 0.05) is 13.2 Å². The van der Waals surface area contributed by atoms with Crippen LogP contribution in [0.15, 0.2) is 0 Å². The molecule has 0 unspecified atom stereocenters. The Bertz CT molecular complexity index is 131. The van der Waals surface area contributed by atoms with Crippen LogP contribution in [-0.2, 0) is 8.85 Å². The predicted molar refractivity (Wildman–Crippen MR) is 75.6 cm³/mol. The predicted octanol–water partition coefficient (Wildman–Crippen LogP) is 3.14. The van der Waals surface area contributed by atoms with Crippen LogP contribution in [-0.4, -0.2) is 33.3 Å². The van der Waals surface area contributed by atoms with E-state index in [-0.39, 0.29) is 0 Å². The van der Waals surface area contributed by atoms with E-state index >= 15 is 0 Å². The van der Waals surface area contributed by atoms with Crippen molar-refractivity contribution in [1.82, 2.24) is 0 Å². The van der Waals surface area contributed by atoms with E-state index in [1.807, 2.05) is 13.8 Å². The number of hydrogen-bond donors (Lipinski definition) is 2. The highest BCUT2D eigenvalue weighted by molar-refractivity contribution is 7.80. The van der Waals surface area contributed by atoms with E-state index in [4.69, 9.17) is 8.85 Å². The van der Waals surface area contributed by atoms with Gasteiger partial charge in [-0.15, -0.1) is 0 Å². The monoisotopic (exact) mass is 268 g/mol. The Balaban J connectivity index is 4.26. The Kier molecular flexibility index (Phi) is 10.6. The zero-order chi connectivity index (χ0) is 11.6. The van der Waals surface area contributed by atoms with Crippen molar-refractivity contribution < 1.29 is 8.85 Å². The fourth-order valence-electron chi connectivity index (χ4n) is 1.68. The van der Waals surface area contributed by atoms with Crippen LogP contribution in [0.2, 0.25) is 12.1 Å². The smallest absolute Gasteiger partial charge is 0.338 e.